The molecule has 3 N–H and O–H groups in total. The van der Waals surface area contributed by atoms with Gasteiger partial charge in [0.05, 0.1) is 6.04 Å². The molecule has 0 saturated carbocycles. The first-order valence-electron chi connectivity index (χ1n) is 7.12. The quantitative estimate of drug-likeness (QED) is 0.556. The number of rotatable bonds is 3. The summed E-state index contributed by atoms with van der Waals surface area (Å²) in [5.74, 6) is 5.87. The largest absolute Gasteiger partial charge is 0.271 e. The number of nitrogens with two attached hydrogens (primary N) is 1. The molecule has 0 saturated heterocycles. The minimum Gasteiger partial charge on any atom is -0.271 e. The van der Waals surface area contributed by atoms with Crippen LogP contribution in [0, 0.1) is 20.8 Å². The summed E-state index contributed by atoms with van der Waals surface area (Å²) in [6.45, 7) is 6.45. The maximum absolute atomic E-state index is 5.87. The van der Waals surface area contributed by atoms with Crippen molar-refractivity contribution in [1.82, 2.24) is 5.43 Å². The van der Waals surface area contributed by atoms with Gasteiger partial charge in [-0.15, -0.1) is 11.3 Å². The van der Waals surface area contributed by atoms with Crippen molar-refractivity contribution in [3.8, 4) is 0 Å². The van der Waals surface area contributed by atoms with E-state index >= 15 is 0 Å². The lowest BCUT2D eigenvalue weighted by Crippen LogP contribution is -2.28. The number of aryl methyl sites for hydroxylation is 3. The summed E-state index contributed by atoms with van der Waals surface area (Å²) < 4.78 is 1.30. The lowest BCUT2D eigenvalue weighted by Gasteiger charge is -2.19. The number of thiophene rings is 1. The maximum atomic E-state index is 5.87. The van der Waals surface area contributed by atoms with E-state index in [2.05, 4.69) is 68.7 Å². The van der Waals surface area contributed by atoms with Crippen LogP contribution in [0.15, 0.2) is 42.5 Å². The standard InChI is InChI=1S/C18H20N2S/c1-11-8-13(3)15(9-12(11)2)18(20-19)17-10-14-6-4-5-7-16(14)21-17/h4-10,18,20H,19H2,1-3H3. The molecule has 2 aromatic carbocycles. The van der Waals surface area contributed by atoms with Crippen LogP contribution in [0.2, 0.25) is 0 Å². The van der Waals surface area contributed by atoms with Gasteiger partial charge in [0.15, 0.2) is 0 Å². The van der Waals surface area contributed by atoms with Gasteiger partial charge in [-0.3, -0.25) is 5.84 Å². The first kappa shape index (κ1) is 14.3. The van der Waals surface area contributed by atoms with Crippen LogP contribution in [0.3, 0.4) is 0 Å². The third kappa shape index (κ3) is 2.60. The van der Waals surface area contributed by atoms with Crippen molar-refractivity contribution < 1.29 is 0 Å². The van der Waals surface area contributed by atoms with Crippen LogP contribution in [0.1, 0.15) is 33.2 Å². The molecule has 1 aromatic heterocycles. The van der Waals surface area contributed by atoms with Crippen LogP contribution in [-0.4, -0.2) is 0 Å². The fourth-order valence-corrected chi connectivity index (χ4v) is 3.91. The molecule has 0 bridgehead atoms. The van der Waals surface area contributed by atoms with Gasteiger partial charge in [-0.05, 0) is 60.5 Å². The Kier molecular flexibility index (Phi) is 3.81. The topological polar surface area (TPSA) is 38.0 Å². The van der Waals surface area contributed by atoms with Gasteiger partial charge in [-0.25, -0.2) is 5.43 Å². The van der Waals surface area contributed by atoms with Crippen molar-refractivity contribution in [2.75, 3.05) is 0 Å². The molecule has 108 valence electrons. The van der Waals surface area contributed by atoms with Crippen molar-refractivity contribution in [3.05, 3.63) is 69.6 Å². The molecule has 0 spiro atoms. The van der Waals surface area contributed by atoms with Gasteiger partial charge in [0.25, 0.3) is 0 Å². The predicted molar refractivity (Wildman–Crippen MR) is 91.6 cm³/mol. The third-order valence-corrected chi connectivity index (χ3v) is 5.27. The highest BCUT2D eigenvalue weighted by molar-refractivity contribution is 7.19. The van der Waals surface area contributed by atoms with Gasteiger partial charge in [0, 0.05) is 9.58 Å². The number of fused-ring (bicyclic) bond motifs is 1. The molecule has 1 heterocycles. The van der Waals surface area contributed by atoms with Gasteiger partial charge in [0.1, 0.15) is 0 Å². The molecule has 3 rings (SSSR count). The van der Waals surface area contributed by atoms with Gasteiger partial charge in [0.2, 0.25) is 0 Å². The van der Waals surface area contributed by atoms with E-state index in [0.717, 1.165) is 0 Å². The fourth-order valence-electron chi connectivity index (χ4n) is 2.76. The van der Waals surface area contributed by atoms with E-state index in [4.69, 9.17) is 5.84 Å². The first-order valence-corrected chi connectivity index (χ1v) is 7.94. The number of benzene rings is 2. The second kappa shape index (κ2) is 5.60. The van der Waals surface area contributed by atoms with Crippen LogP contribution < -0.4 is 11.3 Å². The summed E-state index contributed by atoms with van der Waals surface area (Å²) in [6.07, 6.45) is 0. The molecule has 0 aliphatic heterocycles. The molecule has 2 nitrogen and oxygen atoms in total. The van der Waals surface area contributed by atoms with Crippen molar-refractivity contribution in [2.45, 2.75) is 26.8 Å². The summed E-state index contributed by atoms with van der Waals surface area (Å²) in [6, 6.07) is 15.2. The zero-order valence-electron chi connectivity index (χ0n) is 12.6. The Labute approximate surface area is 129 Å². The van der Waals surface area contributed by atoms with E-state index in [1.807, 2.05) is 0 Å². The molecule has 1 unspecified atom stereocenters. The summed E-state index contributed by atoms with van der Waals surface area (Å²) in [7, 11) is 0. The summed E-state index contributed by atoms with van der Waals surface area (Å²) >= 11 is 1.80. The Balaban J connectivity index is 2.11. The average molecular weight is 296 g/mol. The summed E-state index contributed by atoms with van der Waals surface area (Å²) in [4.78, 5) is 1.25. The zero-order chi connectivity index (χ0) is 15.0. The van der Waals surface area contributed by atoms with E-state index in [0.29, 0.717) is 0 Å². The lowest BCUT2D eigenvalue weighted by atomic mass is 9.95. The normalized spacial score (nSPS) is 12.8. The van der Waals surface area contributed by atoms with Crippen molar-refractivity contribution in [1.29, 1.82) is 0 Å². The summed E-state index contributed by atoms with van der Waals surface area (Å²) in [5, 5.41) is 1.28. The Morgan fingerprint density at radius 3 is 2.38 bits per heavy atom. The van der Waals surface area contributed by atoms with Gasteiger partial charge < -0.3 is 0 Å². The molecule has 3 aromatic rings. The average Bonchev–Trinajstić information content (AvgIpc) is 2.88. The number of nitrogens with one attached hydrogen (secondary N) is 1. The minimum absolute atomic E-state index is 0.0432. The second-order valence-corrected chi connectivity index (χ2v) is 6.69. The van der Waals surface area contributed by atoms with Crippen molar-refractivity contribution in [3.63, 3.8) is 0 Å². The molecule has 1 atom stereocenters. The highest BCUT2D eigenvalue weighted by Crippen LogP contribution is 2.34. The zero-order valence-corrected chi connectivity index (χ0v) is 13.4. The molecule has 0 aliphatic carbocycles. The second-order valence-electron chi connectivity index (χ2n) is 5.58. The molecular formula is C18H20N2S. The van der Waals surface area contributed by atoms with E-state index in [9.17, 15) is 0 Å². The summed E-state index contributed by atoms with van der Waals surface area (Å²) in [5.41, 5.74) is 8.15. The van der Waals surface area contributed by atoms with Gasteiger partial charge in [-0.2, -0.15) is 0 Å². The minimum atomic E-state index is 0.0432. The van der Waals surface area contributed by atoms with E-state index in [1.165, 1.54) is 37.2 Å². The predicted octanol–water partition coefficient (Wildman–Crippen LogP) is 4.38. The van der Waals surface area contributed by atoms with Crippen molar-refractivity contribution >= 4 is 21.4 Å². The molecule has 21 heavy (non-hydrogen) atoms. The number of hydrazine groups is 1. The molecule has 0 aliphatic rings. The highest BCUT2D eigenvalue weighted by Gasteiger charge is 2.18. The number of hydrogen-bond acceptors (Lipinski definition) is 3. The van der Waals surface area contributed by atoms with Crippen LogP contribution in [0.4, 0.5) is 0 Å². The number of hydrogen-bond donors (Lipinski definition) is 2. The van der Waals surface area contributed by atoms with Crippen LogP contribution in [0.5, 0.6) is 0 Å². The molecule has 0 radical (unpaired) electrons. The molecule has 0 fully saturated rings. The highest BCUT2D eigenvalue weighted by atomic mass is 32.1. The smallest absolute Gasteiger partial charge is 0.0805 e. The lowest BCUT2D eigenvalue weighted by molar-refractivity contribution is 0.643. The Hall–Kier alpha value is -1.68. The SMILES string of the molecule is Cc1cc(C)c(C(NN)c2cc3ccccc3s2)cc1C. The van der Waals surface area contributed by atoms with E-state index < -0.39 is 0 Å². The maximum Gasteiger partial charge on any atom is 0.0805 e. The first-order chi connectivity index (χ1) is 10.1. The molecule has 0 amide bonds. The Morgan fingerprint density at radius 2 is 1.67 bits per heavy atom. The van der Waals surface area contributed by atoms with Gasteiger partial charge in [-0.1, -0.05) is 30.3 Å². The molecule has 3 heteroatoms. The Morgan fingerprint density at radius 1 is 0.952 bits per heavy atom. The third-order valence-electron chi connectivity index (χ3n) is 4.09. The Bertz CT molecular complexity index is 756. The van der Waals surface area contributed by atoms with Crippen LogP contribution in [0.25, 0.3) is 10.1 Å². The van der Waals surface area contributed by atoms with E-state index in [-0.39, 0.29) is 6.04 Å². The van der Waals surface area contributed by atoms with Gasteiger partial charge >= 0.3 is 0 Å². The monoisotopic (exact) mass is 296 g/mol. The van der Waals surface area contributed by atoms with Crippen molar-refractivity contribution in [2.24, 2.45) is 5.84 Å². The fraction of sp³-hybridized carbons (Fsp3) is 0.222. The van der Waals surface area contributed by atoms with Crippen LogP contribution >= 0.6 is 11.3 Å². The van der Waals surface area contributed by atoms with Crippen LogP contribution in [-0.2, 0) is 0 Å². The molecular weight excluding hydrogens is 276 g/mol. The van der Waals surface area contributed by atoms with E-state index in [1.54, 1.807) is 11.3 Å².